The van der Waals surface area contributed by atoms with Crippen LogP contribution in [0, 0.1) is 0 Å². The molecule has 9 aromatic rings. The van der Waals surface area contributed by atoms with E-state index in [4.69, 9.17) is 114 Å². The van der Waals surface area contributed by atoms with Crippen molar-refractivity contribution in [3.8, 4) is 90.5 Å². The van der Waals surface area contributed by atoms with Crippen molar-refractivity contribution < 1.29 is 114 Å². The molecule has 8 heterocycles. The van der Waals surface area contributed by atoms with E-state index in [1.165, 1.54) is 0 Å². The van der Waals surface area contributed by atoms with E-state index in [1.54, 1.807) is 0 Å². The van der Waals surface area contributed by atoms with Crippen LogP contribution in [0.25, 0.3) is 44.5 Å². The van der Waals surface area contributed by atoms with E-state index < -0.39 is 11.8 Å². The zero-order valence-corrected chi connectivity index (χ0v) is 67.7. The van der Waals surface area contributed by atoms with Crippen LogP contribution in [-0.2, 0) is 75.8 Å². The second-order valence-electron chi connectivity index (χ2n) is 30.7. The van der Waals surface area contributed by atoms with Gasteiger partial charge >= 0.3 is 0 Å². The minimum absolute atomic E-state index is 0. The summed E-state index contributed by atoms with van der Waals surface area (Å²) in [6.45, 7) is 15.6. The molecule has 0 N–H and O–H groups in total. The van der Waals surface area contributed by atoms with Crippen molar-refractivity contribution in [1.82, 2.24) is 0 Å². The maximum Gasteiger partial charge on any atom is 0.123 e. The highest BCUT2D eigenvalue weighted by molar-refractivity contribution is 5.74. The third-order valence-electron chi connectivity index (χ3n) is 21.2. The first kappa shape index (κ1) is 85.3. The van der Waals surface area contributed by atoms with Gasteiger partial charge in [-0.3, -0.25) is 0 Å². The molecule has 0 amide bonds. The van der Waals surface area contributed by atoms with Crippen LogP contribution >= 0.6 is 0 Å². The molecule has 24 heteroatoms. The van der Waals surface area contributed by atoms with E-state index in [-0.39, 0.29) is 82.7 Å². The number of benzene rings is 9. The lowest BCUT2D eigenvalue weighted by molar-refractivity contribution is 0.0871. The van der Waals surface area contributed by atoms with Gasteiger partial charge in [0, 0.05) is 34.1 Å². The Morgan fingerprint density at radius 1 is 0.198 bits per heavy atom. The van der Waals surface area contributed by atoms with Crippen molar-refractivity contribution in [3.05, 3.63) is 228 Å². The van der Waals surface area contributed by atoms with Gasteiger partial charge in [0.1, 0.15) is 148 Å². The average Bonchev–Trinajstić information content (AvgIpc) is 1.70. The lowest BCUT2D eigenvalue weighted by Gasteiger charge is -2.28. The van der Waals surface area contributed by atoms with E-state index in [0.29, 0.717) is 182 Å². The van der Waals surface area contributed by atoms with Crippen molar-refractivity contribution in [1.29, 1.82) is 0 Å². The van der Waals surface area contributed by atoms with Gasteiger partial charge in [-0.15, -0.1) is 0 Å². The molecule has 0 aliphatic carbocycles. The fourth-order valence-corrected chi connectivity index (χ4v) is 14.0. The van der Waals surface area contributed by atoms with Gasteiger partial charge in [-0.2, -0.15) is 0 Å². The number of hydrogen-bond donors (Lipinski definition) is 0. The molecule has 17 rings (SSSR count). The Labute approximate surface area is 707 Å². The van der Waals surface area contributed by atoms with Gasteiger partial charge in [0.2, 0.25) is 0 Å². The Morgan fingerprint density at radius 3 is 0.537 bits per heavy atom. The van der Waals surface area contributed by atoms with Gasteiger partial charge in [0.05, 0.1) is 159 Å². The van der Waals surface area contributed by atoms with E-state index in [1.807, 2.05) is 48.5 Å². The summed E-state index contributed by atoms with van der Waals surface area (Å²) in [5, 5.41) is 0. The molecule has 9 aromatic carbocycles. The molecule has 0 spiro atoms. The zero-order chi connectivity index (χ0) is 80.7. The van der Waals surface area contributed by atoms with Crippen LogP contribution in [0.1, 0.15) is 52.6 Å². The summed E-state index contributed by atoms with van der Waals surface area (Å²) < 4.78 is 145. The zero-order valence-electron chi connectivity index (χ0n) is 67.7. The van der Waals surface area contributed by atoms with Crippen LogP contribution in [0.5, 0.6) is 46.0 Å². The highest BCUT2D eigenvalue weighted by atomic mass is 16.6. The molecule has 8 fully saturated rings. The van der Waals surface area contributed by atoms with E-state index in [9.17, 15) is 0 Å². The predicted octanol–water partition coefficient (Wildman–Crippen LogP) is 13.7. The van der Waals surface area contributed by atoms with Gasteiger partial charge in [-0.05, 0) is 153 Å². The quantitative estimate of drug-likeness (QED) is 0.0195. The molecule has 121 heavy (non-hydrogen) atoms. The molecule has 0 bridgehead atoms. The summed E-state index contributed by atoms with van der Waals surface area (Å²) in [5.74, 6) is 4.40. The topological polar surface area (TPSA) is 248 Å². The molecule has 8 aliphatic rings. The summed E-state index contributed by atoms with van der Waals surface area (Å²) in [7, 11) is 0. The van der Waals surface area contributed by atoms with E-state index in [0.717, 1.165) is 127 Å². The second kappa shape index (κ2) is 43.7. The smallest absolute Gasteiger partial charge is 0.123 e. The number of rotatable bonds is 58. The SMILES string of the molecule is C.c1cc(-c2ccc(OCCOCC3CO3)c(C(c3ccc(C(c4cc(-c5ccc(OCCOCC6CO6)cc5)ccc4OCCOCC4CO4)c4cc(-c5ccc(OCCOCC6CO6)cc5)ccc4OCCOCC4CO4)cc3)c3cc(-c4ccc(OCCOCC5CO5)cc4)ccc3OCCOCC3CO3)c2)ccc1OCCOCC1CO1. The van der Waals surface area contributed by atoms with Crippen molar-refractivity contribution >= 4 is 0 Å². The Balaban J connectivity index is 0.0000109. The highest BCUT2D eigenvalue weighted by Crippen LogP contribution is 2.49. The Hall–Kier alpha value is -9.26. The third-order valence-corrected chi connectivity index (χ3v) is 21.2. The van der Waals surface area contributed by atoms with Gasteiger partial charge in [0.25, 0.3) is 0 Å². The molecule has 24 nitrogen and oxygen atoms in total. The van der Waals surface area contributed by atoms with Crippen LogP contribution in [0.2, 0.25) is 0 Å². The van der Waals surface area contributed by atoms with Crippen LogP contribution in [0.4, 0.5) is 0 Å². The molecule has 8 aliphatic heterocycles. The van der Waals surface area contributed by atoms with Crippen molar-refractivity contribution in [2.45, 2.75) is 68.1 Å². The normalized spacial score (nSPS) is 20.3. The molecule has 0 saturated carbocycles. The second-order valence-corrected chi connectivity index (χ2v) is 30.7. The first-order chi connectivity index (χ1) is 59.4. The summed E-state index contributed by atoms with van der Waals surface area (Å²) in [6.07, 6.45) is 1.04. The Bertz CT molecular complexity index is 4070. The first-order valence-corrected chi connectivity index (χ1v) is 42.1. The molecule has 8 saturated heterocycles. The summed E-state index contributed by atoms with van der Waals surface area (Å²) in [4.78, 5) is 0. The van der Waals surface area contributed by atoms with Crippen molar-refractivity contribution in [3.63, 3.8) is 0 Å². The minimum atomic E-state index is -0.573. The number of epoxide rings is 8. The monoisotopic (exact) mass is 1660 g/mol. The van der Waals surface area contributed by atoms with Crippen LogP contribution in [0.3, 0.4) is 0 Å². The van der Waals surface area contributed by atoms with Gasteiger partial charge in [-0.25, -0.2) is 0 Å². The Morgan fingerprint density at radius 2 is 0.364 bits per heavy atom. The van der Waals surface area contributed by atoms with Crippen LogP contribution in [0.15, 0.2) is 194 Å². The Kier molecular flexibility index (Phi) is 30.8. The van der Waals surface area contributed by atoms with Gasteiger partial charge < -0.3 is 114 Å². The average molecular weight is 1660 g/mol. The fourth-order valence-electron chi connectivity index (χ4n) is 14.0. The number of ether oxygens (including phenoxy) is 24. The first-order valence-electron chi connectivity index (χ1n) is 42.1. The molecular weight excluding hydrogens is 1550 g/mol. The van der Waals surface area contributed by atoms with Gasteiger partial charge in [0.15, 0.2) is 0 Å². The van der Waals surface area contributed by atoms with Crippen LogP contribution < -0.4 is 37.9 Å². The maximum atomic E-state index is 7.04. The fraction of sp³-hybridized carbons (Fsp3) is 0.443. The summed E-state index contributed by atoms with van der Waals surface area (Å²) >= 11 is 0. The van der Waals surface area contributed by atoms with Crippen LogP contribution in [-0.4, -0.2) is 260 Å². The lowest BCUT2D eigenvalue weighted by atomic mass is 9.79. The molecule has 642 valence electrons. The lowest BCUT2D eigenvalue weighted by Crippen LogP contribution is -2.15. The molecule has 8 unspecified atom stereocenters. The van der Waals surface area contributed by atoms with E-state index >= 15 is 0 Å². The molecule has 8 atom stereocenters. The molecule has 0 radical (unpaired) electrons. The van der Waals surface area contributed by atoms with Crippen molar-refractivity contribution in [2.24, 2.45) is 0 Å². The number of hydrogen-bond acceptors (Lipinski definition) is 24. The minimum Gasteiger partial charge on any atom is -0.491 e. The van der Waals surface area contributed by atoms with E-state index in [2.05, 4.69) is 146 Å². The molecular formula is C97H110O24. The molecule has 0 aromatic heterocycles. The summed E-state index contributed by atoms with van der Waals surface area (Å²) in [6, 6.07) is 67.4. The standard InChI is InChI=1S/C96H106O24.CH4/c1-2-70(96(89-47-73(15-27-93(89)111-43-35-103-55-85-63-119-85)67-9-21-77(22-10-67)107-39-31-99-51-81-59-115-81)90-48-74(16-28-94(90)112-44-36-104-56-86-64-120-86)68-11-23-78(24-12-68)108-40-32-100-52-82-60-116-82)4-3-69(1)95(87-45-71(13-25-91(87)109-41-33-101-53-83-61-117-83)65-5-17-75(18-6-65)105-37-29-97-49-79-57-113-79)88-46-72(14-26-92(88)110-42-34-102-54-84-62-118-84)66-7-19-76(20-8-66)106-38-30-98-50-80-58-114-80;/h1-28,45-48,79-86,95-96H,29-44,49-64H2;1H4. The van der Waals surface area contributed by atoms with Crippen molar-refractivity contribution in [2.75, 3.05) is 211 Å². The summed E-state index contributed by atoms with van der Waals surface area (Å²) in [5.41, 5.74) is 13.1. The largest absolute Gasteiger partial charge is 0.491 e. The maximum absolute atomic E-state index is 7.04. The predicted molar refractivity (Wildman–Crippen MR) is 451 cm³/mol. The third kappa shape index (κ3) is 26.9. The van der Waals surface area contributed by atoms with Gasteiger partial charge in [-0.1, -0.05) is 104 Å². The highest BCUT2D eigenvalue weighted by Gasteiger charge is 2.33.